The lowest BCUT2D eigenvalue weighted by Crippen LogP contribution is -2.50. The molecule has 3 atom stereocenters. The van der Waals surface area contributed by atoms with Crippen LogP contribution in [0.5, 0.6) is 0 Å². The van der Waals surface area contributed by atoms with Gasteiger partial charge in [0.15, 0.2) is 0 Å². The molecule has 1 aliphatic heterocycles. The molecule has 20 heavy (non-hydrogen) atoms. The molecule has 2 rings (SSSR count). The number of carbonyl (C=O) groups is 1. The fraction of sp³-hybridized carbons (Fsp3) is 0.533. The molecule has 3 N–H and O–H groups in total. The quantitative estimate of drug-likeness (QED) is 0.487. The molecular formula is C15H23N3O2. The van der Waals surface area contributed by atoms with Gasteiger partial charge in [0.05, 0.1) is 18.6 Å². The first-order valence-corrected chi connectivity index (χ1v) is 7.03. The lowest BCUT2D eigenvalue weighted by Gasteiger charge is -2.38. The van der Waals surface area contributed by atoms with Crippen molar-refractivity contribution in [3.05, 3.63) is 35.9 Å². The summed E-state index contributed by atoms with van der Waals surface area (Å²) in [5.41, 5.74) is 3.27. The molecule has 1 aromatic carbocycles. The molecule has 3 unspecified atom stereocenters. The highest BCUT2D eigenvalue weighted by atomic mass is 16.5. The van der Waals surface area contributed by atoms with Gasteiger partial charge in [0.25, 0.3) is 0 Å². The molecule has 5 heteroatoms. The molecule has 0 saturated carbocycles. The van der Waals surface area contributed by atoms with E-state index in [2.05, 4.69) is 24.2 Å². The lowest BCUT2D eigenvalue weighted by molar-refractivity contribution is -0.124. The van der Waals surface area contributed by atoms with E-state index in [4.69, 9.17) is 10.6 Å². The largest absolute Gasteiger partial charge is 0.376 e. The number of amides is 1. The number of benzene rings is 1. The minimum atomic E-state index is -0.256. The number of ether oxygens (including phenoxy) is 1. The second-order valence-corrected chi connectivity index (χ2v) is 5.42. The lowest BCUT2D eigenvalue weighted by atomic mass is 9.96. The molecule has 1 aliphatic rings. The fourth-order valence-electron chi connectivity index (χ4n) is 2.59. The topological polar surface area (TPSA) is 67.6 Å². The fourth-order valence-corrected chi connectivity index (χ4v) is 2.59. The molecule has 0 aliphatic carbocycles. The highest BCUT2D eigenvalue weighted by molar-refractivity contribution is 5.83. The Kier molecular flexibility index (Phi) is 5.11. The van der Waals surface area contributed by atoms with Crippen molar-refractivity contribution in [2.75, 3.05) is 19.7 Å². The van der Waals surface area contributed by atoms with E-state index in [0.717, 1.165) is 12.1 Å². The maximum Gasteiger partial charge on any atom is 0.242 e. The van der Waals surface area contributed by atoms with E-state index in [1.54, 1.807) is 0 Å². The zero-order chi connectivity index (χ0) is 14.5. The number of nitrogens with two attached hydrogens (primary N) is 1. The minimum Gasteiger partial charge on any atom is -0.376 e. The van der Waals surface area contributed by atoms with Crippen molar-refractivity contribution in [2.24, 2.45) is 5.84 Å². The van der Waals surface area contributed by atoms with Crippen molar-refractivity contribution >= 4 is 5.91 Å². The predicted octanol–water partition coefficient (Wildman–Crippen LogP) is 0.869. The zero-order valence-corrected chi connectivity index (χ0v) is 12.1. The van der Waals surface area contributed by atoms with Gasteiger partial charge in [-0.05, 0) is 19.4 Å². The number of hydrogen-bond donors (Lipinski definition) is 2. The summed E-state index contributed by atoms with van der Waals surface area (Å²) < 4.78 is 5.63. The van der Waals surface area contributed by atoms with Crippen molar-refractivity contribution in [1.82, 2.24) is 10.3 Å². The Morgan fingerprint density at radius 3 is 2.80 bits per heavy atom. The first-order valence-electron chi connectivity index (χ1n) is 7.03. The van der Waals surface area contributed by atoms with E-state index < -0.39 is 0 Å². The second-order valence-electron chi connectivity index (χ2n) is 5.42. The Balaban J connectivity index is 2.14. The number of nitrogens with one attached hydrogen (secondary N) is 1. The zero-order valence-electron chi connectivity index (χ0n) is 12.1. The molecular weight excluding hydrogens is 254 g/mol. The summed E-state index contributed by atoms with van der Waals surface area (Å²) in [4.78, 5) is 14.4. The molecule has 0 radical (unpaired) electrons. The monoisotopic (exact) mass is 277 g/mol. The van der Waals surface area contributed by atoms with Crippen LogP contribution >= 0.6 is 0 Å². The van der Waals surface area contributed by atoms with Gasteiger partial charge >= 0.3 is 0 Å². The van der Waals surface area contributed by atoms with Crippen molar-refractivity contribution in [1.29, 1.82) is 0 Å². The number of morpholine rings is 1. The molecule has 1 saturated heterocycles. The molecule has 5 nitrogen and oxygen atoms in total. The van der Waals surface area contributed by atoms with Crippen LogP contribution in [0.2, 0.25) is 0 Å². The average Bonchev–Trinajstić information content (AvgIpc) is 2.48. The maximum atomic E-state index is 12.1. The summed E-state index contributed by atoms with van der Waals surface area (Å²) in [5, 5.41) is 0. The van der Waals surface area contributed by atoms with Crippen LogP contribution in [0.1, 0.15) is 25.3 Å². The van der Waals surface area contributed by atoms with Gasteiger partial charge < -0.3 is 4.74 Å². The van der Waals surface area contributed by atoms with Crippen molar-refractivity contribution < 1.29 is 9.53 Å². The Hall–Kier alpha value is -1.43. The predicted molar refractivity (Wildman–Crippen MR) is 78.0 cm³/mol. The molecule has 1 aromatic rings. The van der Waals surface area contributed by atoms with Crippen LogP contribution < -0.4 is 11.3 Å². The van der Waals surface area contributed by atoms with Crippen LogP contribution in [0.3, 0.4) is 0 Å². The summed E-state index contributed by atoms with van der Waals surface area (Å²) in [7, 11) is 0. The number of rotatable bonds is 4. The van der Waals surface area contributed by atoms with E-state index in [1.165, 1.54) is 0 Å². The summed E-state index contributed by atoms with van der Waals surface area (Å²) in [5.74, 6) is 4.93. The van der Waals surface area contributed by atoms with Gasteiger partial charge in [0.1, 0.15) is 0 Å². The Morgan fingerprint density at radius 2 is 2.15 bits per heavy atom. The Bertz CT molecular complexity index is 438. The van der Waals surface area contributed by atoms with Gasteiger partial charge in [0.2, 0.25) is 5.91 Å². The van der Waals surface area contributed by atoms with Crippen LogP contribution in [-0.2, 0) is 9.53 Å². The Morgan fingerprint density at radius 1 is 1.45 bits per heavy atom. The van der Waals surface area contributed by atoms with E-state index >= 15 is 0 Å². The van der Waals surface area contributed by atoms with Crippen molar-refractivity contribution in [2.45, 2.75) is 31.9 Å². The highest BCUT2D eigenvalue weighted by Crippen LogP contribution is 2.21. The van der Waals surface area contributed by atoms with E-state index in [1.807, 2.05) is 30.3 Å². The van der Waals surface area contributed by atoms with Crippen molar-refractivity contribution in [3.8, 4) is 0 Å². The first kappa shape index (κ1) is 15.0. The SMILES string of the molecule is CC1CN(CC(C(=O)NN)c2ccccc2)C(C)CO1. The highest BCUT2D eigenvalue weighted by Gasteiger charge is 2.29. The third-order valence-corrected chi connectivity index (χ3v) is 3.81. The molecule has 0 bridgehead atoms. The van der Waals surface area contributed by atoms with E-state index in [0.29, 0.717) is 19.2 Å². The van der Waals surface area contributed by atoms with Crippen LogP contribution in [0.25, 0.3) is 0 Å². The number of nitrogens with zero attached hydrogens (tertiary/aromatic N) is 1. The smallest absolute Gasteiger partial charge is 0.242 e. The van der Waals surface area contributed by atoms with Crippen LogP contribution in [-0.4, -0.2) is 42.6 Å². The first-order chi connectivity index (χ1) is 9.61. The van der Waals surface area contributed by atoms with E-state index in [-0.39, 0.29) is 17.9 Å². The normalized spacial score (nSPS) is 25.1. The Labute approximate surface area is 120 Å². The van der Waals surface area contributed by atoms with Crippen molar-refractivity contribution in [3.63, 3.8) is 0 Å². The maximum absolute atomic E-state index is 12.1. The molecule has 0 aromatic heterocycles. The second kappa shape index (κ2) is 6.83. The average molecular weight is 277 g/mol. The van der Waals surface area contributed by atoms with Gasteiger partial charge in [0, 0.05) is 19.1 Å². The summed E-state index contributed by atoms with van der Waals surface area (Å²) in [6, 6.07) is 10.1. The van der Waals surface area contributed by atoms with Gasteiger partial charge in [-0.3, -0.25) is 15.1 Å². The summed E-state index contributed by atoms with van der Waals surface area (Å²) in [6.07, 6.45) is 0.198. The summed E-state index contributed by atoms with van der Waals surface area (Å²) in [6.45, 7) is 6.37. The minimum absolute atomic E-state index is 0.150. The van der Waals surface area contributed by atoms with Gasteiger partial charge in [-0.1, -0.05) is 30.3 Å². The molecule has 1 heterocycles. The number of carbonyl (C=O) groups excluding carboxylic acids is 1. The third kappa shape index (κ3) is 3.56. The van der Waals surface area contributed by atoms with E-state index in [9.17, 15) is 4.79 Å². The van der Waals surface area contributed by atoms with Crippen LogP contribution in [0.4, 0.5) is 0 Å². The van der Waals surface area contributed by atoms with Gasteiger partial charge in [-0.15, -0.1) is 0 Å². The van der Waals surface area contributed by atoms with Crippen LogP contribution in [0, 0.1) is 0 Å². The third-order valence-electron chi connectivity index (χ3n) is 3.81. The molecule has 1 fully saturated rings. The molecule has 110 valence electrons. The standard InChI is InChI=1S/C15H23N3O2/c1-11-10-20-12(2)8-18(11)9-14(15(19)17-16)13-6-4-3-5-7-13/h3-7,11-12,14H,8-10,16H2,1-2H3,(H,17,19). The van der Waals surface area contributed by atoms with Gasteiger partial charge in [-0.25, -0.2) is 5.84 Å². The summed E-state index contributed by atoms with van der Waals surface area (Å²) >= 11 is 0. The number of hydrazine groups is 1. The van der Waals surface area contributed by atoms with Gasteiger partial charge in [-0.2, -0.15) is 0 Å². The molecule has 1 amide bonds. The molecule has 0 spiro atoms. The van der Waals surface area contributed by atoms with Crippen LogP contribution in [0.15, 0.2) is 30.3 Å². The number of hydrogen-bond acceptors (Lipinski definition) is 4.